The summed E-state index contributed by atoms with van der Waals surface area (Å²) < 4.78 is 27.9. The lowest BCUT2D eigenvalue weighted by Crippen LogP contribution is -2.43. The van der Waals surface area contributed by atoms with Crippen LogP contribution in [0.5, 0.6) is 0 Å². The summed E-state index contributed by atoms with van der Waals surface area (Å²) in [6.07, 6.45) is 3.46. The molecule has 2 fully saturated rings. The van der Waals surface area contributed by atoms with E-state index in [1.54, 1.807) is 12.1 Å². The minimum atomic E-state index is -3.40. The van der Waals surface area contributed by atoms with Gasteiger partial charge < -0.3 is 0 Å². The van der Waals surface area contributed by atoms with Gasteiger partial charge in [-0.2, -0.15) is 11.8 Å². The van der Waals surface area contributed by atoms with E-state index in [1.165, 1.54) is 17.9 Å². The van der Waals surface area contributed by atoms with E-state index in [1.807, 2.05) is 11.8 Å². The van der Waals surface area contributed by atoms with Crippen LogP contribution in [-0.4, -0.2) is 50.5 Å². The minimum absolute atomic E-state index is 0.304. The summed E-state index contributed by atoms with van der Waals surface area (Å²) >= 11 is 8.96. The summed E-state index contributed by atoms with van der Waals surface area (Å²) in [5, 5.41) is 0. The van der Waals surface area contributed by atoms with Gasteiger partial charge in [0.05, 0.1) is 4.34 Å². The molecule has 3 rings (SSSR count). The minimum Gasteiger partial charge on any atom is -0.300 e. The molecule has 0 spiro atoms. The number of rotatable bonds is 5. The van der Waals surface area contributed by atoms with Crippen molar-refractivity contribution in [1.29, 1.82) is 0 Å². The number of sulfonamides is 1. The fourth-order valence-corrected chi connectivity index (χ4v) is 6.97. The van der Waals surface area contributed by atoms with Crippen LogP contribution in [0.4, 0.5) is 0 Å². The summed E-state index contributed by atoms with van der Waals surface area (Å²) in [7, 11) is -3.40. The van der Waals surface area contributed by atoms with Crippen molar-refractivity contribution in [3.05, 3.63) is 16.5 Å². The highest BCUT2D eigenvalue weighted by atomic mass is 35.5. The van der Waals surface area contributed by atoms with Gasteiger partial charge in [0, 0.05) is 18.3 Å². The fraction of sp³-hybridized carbons (Fsp3) is 0.714. The first-order valence-electron chi connectivity index (χ1n) is 7.61. The number of hydrogen-bond acceptors (Lipinski definition) is 5. The van der Waals surface area contributed by atoms with Crippen LogP contribution in [0.15, 0.2) is 16.3 Å². The molecule has 1 aromatic heterocycles. The lowest BCUT2D eigenvalue weighted by molar-refractivity contribution is 0.145. The molecule has 0 aromatic carbocycles. The van der Waals surface area contributed by atoms with E-state index in [9.17, 15) is 8.42 Å². The van der Waals surface area contributed by atoms with Crippen molar-refractivity contribution in [2.24, 2.45) is 5.92 Å². The number of thiophene rings is 1. The first-order chi connectivity index (χ1) is 10.5. The predicted molar refractivity (Wildman–Crippen MR) is 94.5 cm³/mol. The van der Waals surface area contributed by atoms with Crippen LogP contribution in [0, 0.1) is 5.92 Å². The Morgan fingerprint density at radius 3 is 2.64 bits per heavy atom. The van der Waals surface area contributed by atoms with Gasteiger partial charge >= 0.3 is 0 Å². The van der Waals surface area contributed by atoms with Crippen LogP contribution in [0.3, 0.4) is 0 Å². The second-order valence-corrected chi connectivity index (χ2v) is 10.8. The maximum Gasteiger partial charge on any atom is 0.250 e. The van der Waals surface area contributed by atoms with Gasteiger partial charge in [0.2, 0.25) is 10.0 Å². The van der Waals surface area contributed by atoms with Gasteiger partial charge in [-0.1, -0.05) is 11.6 Å². The second kappa shape index (κ2) is 7.40. The Balaban J connectivity index is 1.47. The van der Waals surface area contributed by atoms with Crippen LogP contribution in [-0.2, 0) is 10.0 Å². The Morgan fingerprint density at radius 1 is 1.27 bits per heavy atom. The number of hydrogen-bond donors (Lipinski definition) is 1. The lowest BCUT2D eigenvalue weighted by atomic mass is 9.96. The third-order valence-corrected chi connectivity index (χ3v) is 8.74. The molecule has 2 aliphatic heterocycles. The number of likely N-dealkylation sites (tertiary alicyclic amines) is 1. The molecule has 8 heteroatoms. The van der Waals surface area contributed by atoms with Gasteiger partial charge in [-0.25, -0.2) is 13.1 Å². The maximum atomic E-state index is 12.2. The van der Waals surface area contributed by atoms with Crippen LogP contribution >= 0.6 is 34.7 Å². The molecule has 0 saturated carbocycles. The summed E-state index contributed by atoms with van der Waals surface area (Å²) in [6.45, 7) is 2.73. The van der Waals surface area contributed by atoms with Crippen LogP contribution in [0.1, 0.15) is 19.3 Å². The van der Waals surface area contributed by atoms with Gasteiger partial charge in [-0.15, -0.1) is 11.3 Å². The highest BCUT2D eigenvalue weighted by Gasteiger charge is 2.28. The van der Waals surface area contributed by atoms with Crippen molar-refractivity contribution in [1.82, 2.24) is 9.62 Å². The zero-order valence-electron chi connectivity index (χ0n) is 12.3. The molecule has 0 amide bonds. The average Bonchev–Trinajstić information content (AvgIpc) is 3.17. The Kier molecular flexibility index (Phi) is 5.74. The number of halogens is 1. The van der Waals surface area contributed by atoms with Gasteiger partial charge in [0.15, 0.2) is 0 Å². The van der Waals surface area contributed by atoms with Gasteiger partial charge in [0.25, 0.3) is 0 Å². The van der Waals surface area contributed by atoms with E-state index in [-0.39, 0.29) is 0 Å². The zero-order chi connectivity index (χ0) is 15.6. The van der Waals surface area contributed by atoms with Crippen molar-refractivity contribution in [3.8, 4) is 0 Å². The quantitative estimate of drug-likeness (QED) is 0.853. The molecule has 1 N–H and O–H groups in total. The normalized spacial score (nSPS) is 24.9. The summed E-state index contributed by atoms with van der Waals surface area (Å²) in [6, 6.07) is 3.94. The molecule has 4 nitrogen and oxygen atoms in total. The molecule has 2 saturated heterocycles. The smallest absolute Gasteiger partial charge is 0.250 e. The van der Waals surface area contributed by atoms with E-state index in [4.69, 9.17) is 11.6 Å². The standard InChI is InChI=1S/C14H21ClN2O2S3/c15-13-1-2-14(21-13)22(18,19)16-9-11-3-6-17(7-4-11)12-5-8-20-10-12/h1-2,11-12,16H,3-10H2/t12-/m1/s1. The molecule has 3 heterocycles. The van der Waals surface area contributed by atoms with E-state index >= 15 is 0 Å². The largest absolute Gasteiger partial charge is 0.300 e. The molecular weight excluding hydrogens is 360 g/mol. The monoisotopic (exact) mass is 380 g/mol. The van der Waals surface area contributed by atoms with E-state index in [0.29, 0.717) is 21.0 Å². The number of nitrogens with zero attached hydrogens (tertiary/aromatic N) is 1. The summed E-state index contributed by atoms with van der Waals surface area (Å²) in [5.41, 5.74) is 0. The number of thioether (sulfide) groups is 1. The molecule has 124 valence electrons. The Morgan fingerprint density at radius 2 is 2.05 bits per heavy atom. The summed E-state index contributed by atoms with van der Waals surface area (Å²) in [5.74, 6) is 2.99. The van der Waals surface area contributed by atoms with Crippen molar-refractivity contribution in [2.45, 2.75) is 29.5 Å². The average molecular weight is 381 g/mol. The topological polar surface area (TPSA) is 49.4 Å². The van der Waals surface area contributed by atoms with Crippen LogP contribution in [0.25, 0.3) is 0 Å². The zero-order valence-corrected chi connectivity index (χ0v) is 15.5. The Hall–Kier alpha value is 0.210. The molecular formula is C14H21ClN2O2S3. The lowest BCUT2D eigenvalue weighted by Gasteiger charge is -2.35. The molecule has 22 heavy (non-hydrogen) atoms. The first-order valence-corrected chi connectivity index (χ1v) is 11.4. The third kappa shape index (κ3) is 4.19. The first kappa shape index (κ1) is 17.0. The highest BCUT2D eigenvalue weighted by molar-refractivity contribution is 7.99. The molecule has 0 unspecified atom stereocenters. The fourth-order valence-electron chi connectivity index (χ4n) is 3.07. The van der Waals surface area contributed by atoms with E-state index in [0.717, 1.165) is 43.3 Å². The number of piperidine rings is 1. The van der Waals surface area contributed by atoms with Gasteiger partial charge in [-0.3, -0.25) is 4.90 Å². The Bertz CT molecular complexity index is 591. The second-order valence-electron chi connectivity index (χ2n) is 5.91. The van der Waals surface area contributed by atoms with Crippen molar-refractivity contribution in [3.63, 3.8) is 0 Å². The molecule has 0 aliphatic carbocycles. The van der Waals surface area contributed by atoms with Crippen molar-refractivity contribution in [2.75, 3.05) is 31.1 Å². The van der Waals surface area contributed by atoms with E-state index < -0.39 is 10.0 Å². The summed E-state index contributed by atoms with van der Waals surface area (Å²) in [4.78, 5) is 2.59. The Labute approximate surface area is 145 Å². The molecule has 1 aromatic rings. The number of nitrogens with one attached hydrogen (secondary N) is 1. The highest BCUT2D eigenvalue weighted by Crippen LogP contribution is 2.28. The van der Waals surface area contributed by atoms with Gasteiger partial charge in [0.1, 0.15) is 4.21 Å². The van der Waals surface area contributed by atoms with E-state index in [2.05, 4.69) is 9.62 Å². The maximum absolute atomic E-state index is 12.2. The molecule has 1 atom stereocenters. The third-order valence-electron chi connectivity index (χ3n) is 4.45. The van der Waals surface area contributed by atoms with Gasteiger partial charge in [-0.05, 0) is 56.2 Å². The van der Waals surface area contributed by atoms with Crippen LogP contribution < -0.4 is 4.72 Å². The van der Waals surface area contributed by atoms with Crippen molar-refractivity contribution < 1.29 is 8.42 Å². The predicted octanol–water partition coefficient (Wildman–Crippen LogP) is 2.90. The van der Waals surface area contributed by atoms with Crippen LogP contribution in [0.2, 0.25) is 4.34 Å². The van der Waals surface area contributed by atoms with Crippen molar-refractivity contribution >= 4 is 44.7 Å². The molecule has 0 radical (unpaired) electrons. The molecule has 0 bridgehead atoms. The molecule has 2 aliphatic rings. The SMILES string of the molecule is O=S(=O)(NCC1CCN([C@@H]2CCSC2)CC1)c1ccc(Cl)s1.